The first-order valence-corrected chi connectivity index (χ1v) is 12.7. The lowest BCUT2D eigenvalue weighted by Gasteiger charge is -2.32. The minimum atomic E-state index is -3.77. The van der Waals surface area contributed by atoms with Crippen LogP contribution in [0.15, 0.2) is 58.4 Å². The van der Waals surface area contributed by atoms with Gasteiger partial charge >= 0.3 is 0 Å². The van der Waals surface area contributed by atoms with Crippen LogP contribution in [0.1, 0.15) is 36.0 Å². The molecule has 0 aliphatic carbocycles. The van der Waals surface area contributed by atoms with Gasteiger partial charge in [0.1, 0.15) is 5.84 Å². The number of halogens is 1. The van der Waals surface area contributed by atoms with Crippen LogP contribution in [0.4, 0.5) is 5.69 Å². The van der Waals surface area contributed by atoms with Gasteiger partial charge in [0, 0.05) is 42.3 Å². The Balaban J connectivity index is 1.41. The maximum absolute atomic E-state index is 12.9. The van der Waals surface area contributed by atoms with E-state index in [-0.39, 0.29) is 22.6 Å². The van der Waals surface area contributed by atoms with Gasteiger partial charge < -0.3 is 10.2 Å². The summed E-state index contributed by atoms with van der Waals surface area (Å²) in [4.78, 5) is 31.6. The standard InChI is InChI=1S/C23H25ClN4O4S/c24-18-10-8-16(9-11-18)23(30)28-13-3-4-17(15-28)22(29)26-19-5-1-6-20(14-19)33(31,32)27-21-7-2-12-25-21/h1,5-6,8-11,14,17H,2-4,7,12-13,15H2,(H,25,27)(H,26,29)/t17-/m0/s1. The summed E-state index contributed by atoms with van der Waals surface area (Å²) in [5.74, 6) is -0.317. The summed E-state index contributed by atoms with van der Waals surface area (Å²) < 4.78 is 27.8. The van der Waals surface area contributed by atoms with Gasteiger partial charge in [-0.05, 0) is 61.7 Å². The maximum Gasteiger partial charge on any atom is 0.262 e. The number of amidine groups is 1. The summed E-state index contributed by atoms with van der Waals surface area (Å²) in [6.07, 6.45) is 2.78. The quantitative estimate of drug-likeness (QED) is 0.673. The summed E-state index contributed by atoms with van der Waals surface area (Å²) in [5.41, 5.74) is 0.912. The Morgan fingerprint density at radius 3 is 2.61 bits per heavy atom. The summed E-state index contributed by atoms with van der Waals surface area (Å²) in [6, 6.07) is 12.8. The van der Waals surface area contributed by atoms with E-state index in [0.717, 1.165) is 6.42 Å². The van der Waals surface area contributed by atoms with Gasteiger partial charge in [-0.1, -0.05) is 17.7 Å². The van der Waals surface area contributed by atoms with Crippen molar-refractivity contribution in [1.29, 1.82) is 0 Å². The monoisotopic (exact) mass is 488 g/mol. The molecule has 0 radical (unpaired) electrons. The number of sulfonamides is 1. The van der Waals surface area contributed by atoms with E-state index < -0.39 is 10.0 Å². The molecule has 0 spiro atoms. The fourth-order valence-electron chi connectivity index (χ4n) is 3.97. The molecule has 0 aromatic heterocycles. The Bertz CT molecular complexity index is 1180. The second-order valence-electron chi connectivity index (χ2n) is 8.15. The Morgan fingerprint density at radius 2 is 1.88 bits per heavy atom. The van der Waals surface area contributed by atoms with Crippen LogP contribution in [0.3, 0.4) is 0 Å². The third-order valence-corrected chi connectivity index (χ3v) is 7.34. The van der Waals surface area contributed by atoms with Gasteiger partial charge in [0.2, 0.25) is 5.91 Å². The zero-order chi connectivity index (χ0) is 23.4. The van der Waals surface area contributed by atoms with Crippen LogP contribution in [0.25, 0.3) is 0 Å². The molecule has 33 heavy (non-hydrogen) atoms. The van der Waals surface area contributed by atoms with Crippen LogP contribution >= 0.6 is 11.6 Å². The number of nitrogens with one attached hydrogen (secondary N) is 2. The van der Waals surface area contributed by atoms with Gasteiger partial charge in [-0.15, -0.1) is 0 Å². The van der Waals surface area contributed by atoms with Crippen molar-refractivity contribution in [3.05, 3.63) is 59.1 Å². The first-order valence-electron chi connectivity index (χ1n) is 10.8. The number of amides is 2. The molecule has 0 bridgehead atoms. The zero-order valence-corrected chi connectivity index (χ0v) is 19.5. The second kappa shape index (κ2) is 9.93. The SMILES string of the molecule is O=C(Nc1cccc(S(=O)(=O)NC2=NCCC2)c1)[C@H]1CCCN(C(=O)c2ccc(Cl)cc2)C1. The topological polar surface area (TPSA) is 108 Å². The predicted molar refractivity (Wildman–Crippen MR) is 127 cm³/mol. The predicted octanol–water partition coefficient (Wildman–Crippen LogP) is 3.30. The third kappa shape index (κ3) is 5.72. The van der Waals surface area contributed by atoms with Crippen molar-refractivity contribution in [3.63, 3.8) is 0 Å². The highest BCUT2D eigenvalue weighted by Gasteiger charge is 2.29. The number of nitrogens with zero attached hydrogens (tertiary/aromatic N) is 2. The minimum Gasteiger partial charge on any atom is -0.338 e. The van der Waals surface area contributed by atoms with Crippen LogP contribution in [-0.4, -0.2) is 50.6 Å². The van der Waals surface area contributed by atoms with E-state index in [1.54, 1.807) is 41.3 Å². The maximum atomic E-state index is 12.9. The molecular weight excluding hydrogens is 464 g/mol. The van der Waals surface area contributed by atoms with Crippen molar-refractivity contribution in [2.24, 2.45) is 10.9 Å². The van der Waals surface area contributed by atoms with E-state index in [9.17, 15) is 18.0 Å². The van der Waals surface area contributed by atoms with Gasteiger partial charge in [-0.2, -0.15) is 0 Å². The van der Waals surface area contributed by atoms with E-state index in [0.29, 0.717) is 61.0 Å². The largest absolute Gasteiger partial charge is 0.338 e. The molecule has 4 rings (SSSR count). The van der Waals surface area contributed by atoms with Gasteiger partial charge in [0.25, 0.3) is 15.9 Å². The van der Waals surface area contributed by atoms with Crippen molar-refractivity contribution in [2.75, 3.05) is 25.0 Å². The van der Waals surface area contributed by atoms with Crippen LogP contribution < -0.4 is 10.0 Å². The number of hydrogen-bond donors (Lipinski definition) is 2. The summed E-state index contributed by atoms with van der Waals surface area (Å²) in [5, 5.41) is 3.36. The number of aliphatic imine (C=N–C) groups is 1. The van der Waals surface area contributed by atoms with E-state index >= 15 is 0 Å². The Labute approximate surface area is 198 Å². The van der Waals surface area contributed by atoms with Crippen molar-refractivity contribution < 1.29 is 18.0 Å². The average molecular weight is 489 g/mol. The summed E-state index contributed by atoms with van der Waals surface area (Å²) in [7, 11) is -3.77. The Morgan fingerprint density at radius 1 is 1.09 bits per heavy atom. The highest BCUT2D eigenvalue weighted by atomic mass is 35.5. The summed E-state index contributed by atoms with van der Waals surface area (Å²) in [6.45, 7) is 1.49. The molecule has 0 unspecified atom stereocenters. The van der Waals surface area contributed by atoms with Crippen molar-refractivity contribution in [1.82, 2.24) is 9.62 Å². The van der Waals surface area contributed by atoms with E-state index in [4.69, 9.17) is 11.6 Å². The van der Waals surface area contributed by atoms with Gasteiger partial charge in [-0.3, -0.25) is 19.3 Å². The molecule has 1 fully saturated rings. The molecular formula is C23H25ClN4O4S. The van der Waals surface area contributed by atoms with Crippen LogP contribution in [0.5, 0.6) is 0 Å². The highest BCUT2D eigenvalue weighted by Crippen LogP contribution is 2.22. The van der Waals surface area contributed by atoms with E-state index in [1.165, 1.54) is 12.1 Å². The number of carbonyl (C=O) groups excluding carboxylic acids is 2. The van der Waals surface area contributed by atoms with Crippen LogP contribution in [-0.2, 0) is 14.8 Å². The minimum absolute atomic E-state index is 0.0538. The molecule has 1 saturated heterocycles. The van der Waals surface area contributed by atoms with Crippen molar-refractivity contribution >= 4 is 45.0 Å². The number of likely N-dealkylation sites (tertiary alicyclic amines) is 1. The lowest BCUT2D eigenvalue weighted by Crippen LogP contribution is -2.43. The first-order chi connectivity index (χ1) is 15.8. The molecule has 1 atom stereocenters. The highest BCUT2D eigenvalue weighted by molar-refractivity contribution is 7.90. The molecule has 2 aliphatic heterocycles. The molecule has 8 nitrogen and oxygen atoms in total. The van der Waals surface area contributed by atoms with Gasteiger partial charge in [0.15, 0.2) is 0 Å². The number of benzene rings is 2. The average Bonchev–Trinajstić information content (AvgIpc) is 3.32. The molecule has 0 saturated carbocycles. The lowest BCUT2D eigenvalue weighted by molar-refractivity contribution is -0.121. The van der Waals surface area contributed by atoms with Crippen molar-refractivity contribution in [3.8, 4) is 0 Å². The van der Waals surface area contributed by atoms with Gasteiger partial charge in [-0.25, -0.2) is 8.42 Å². The van der Waals surface area contributed by atoms with E-state index in [2.05, 4.69) is 15.0 Å². The molecule has 2 amide bonds. The van der Waals surface area contributed by atoms with Crippen LogP contribution in [0.2, 0.25) is 5.02 Å². The van der Waals surface area contributed by atoms with E-state index in [1.807, 2.05) is 0 Å². The lowest BCUT2D eigenvalue weighted by atomic mass is 9.96. The first kappa shape index (κ1) is 23.3. The fraction of sp³-hybridized carbons (Fsp3) is 0.348. The molecule has 10 heteroatoms. The number of hydrogen-bond acceptors (Lipinski definition) is 5. The number of rotatable bonds is 5. The fourth-order valence-corrected chi connectivity index (χ4v) is 5.23. The molecule has 2 aromatic carbocycles. The number of piperidine rings is 1. The zero-order valence-electron chi connectivity index (χ0n) is 18.0. The Hall–Kier alpha value is -2.91. The number of anilines is 1. The normalized spacial score (nSPS) is 18.5. The summed E-state index contributed by atoms with van der Waals surface area (Å²) >= 11 is 5.90. The van der Waals surface area contributed by atoms with Crippen LogP contribution in [0, 0.1) is 5.92 Å². The molecule has 2 N–H and O–H groups in total. The Kier molecular flexibility index (Phi) is 6.99. The molecule has 2 aliphatic rings. The molecule has 174 valence electrons. The third-order valence-electron chi connectivity index (χ3n) is 5.71. The van der Waals surface area contributed by atoms with Crippen molar-refractivity contribution in [2.45, 2.75) is 30.6 Å². The smallest absolute Gasteiger partial charge is 0.262 e. The van der Waals surface area contributed by atoms with Gasteiger partial charge in [0.05, 0.1) is 10.8 Å². The molecule has 2 heterocycles. The molecule has 2 aromatic rings. The second-order valence-corrected chi connectivity index (χ2v) is 10.3. The number of carbonyl (C=O) groups is 2.